The molecule has 3 aromatic rings. The van der Waals surface area contributed by atoms with Crippen molar-refractivity contribution in [1.29, 1.82) is 0 Å². The molecule has 3 atom stereocenters. The lowest BCUT2D eigenvalue weighted by atomic mass is 9.91. The second-order valence-corrected chi connectivity index (χ2v) is 11.3. The van der Waals surface area contributed by atoms with Gasteiger partial charge in [0, 0.05) is 24.8 Å². The van der Waals surface area contributed by atoms with Crippen LogP contribution in [-0.4, -0.2) is 89.2 Å². The molecule has 0 spiro atoms. The Morgan fingerprint density at radius 3 is 1.85 bits per heavy atom. The fourth-order valence-electron chi connectivity index (χ4n) is 5.51. The summed E-state index contributed by atoms with van der Waals surface area (Å²) >= 11 is 0. The molecule has 3 heterocycles. The first-order chi connectivity index (χ1) is 25.9. The fraction of sp³-hybridized carbons (Fsp3) is 0.643. The molecule has 1 aliphatic carbocycles. The topological polar surface area (TPSA) is 124 Å². The molecule has 1 amide bonds. The number of piperidine rings is 1. The molecule has 1 aliphatic heterocycles. The number of hydrogen-bond acceptors (Lipinski definition) is 9. The number of aryl methyl sites for hydroxylation is 1. The average Bonchev–Trinajstić information content (AvgIpc) is 3.79. The molecule has 5 rings (SSSR count). The van der Waals surface area contributed by atoms with Gasteiger partial charge >= 0.3 is 5.97 Å². The molecule has 2 aromatic heterocycles. The molecular formula is C42H75N7O4. The number of methoxy groups -OCH3 is 1. The Bertz CT molecular complexity index is 1310. The first-order valence-corrected chi connectivity index (χ1v) is 20.2. The molecule has 53 heavy (non-hydrogen) atoms. The van der Waals surface area contributed by atoms with Crippen molar-refractivity contribution in [1.82, 2.24) is 35.5 Å². The van der Waals surface area contributed by atoms with Crippen LogP contribution < -0.4 is 15.4 Å². The van der Waals surface area contributed by atoms with Crippen LogP contribution in [0.5, 0.6) is 5.88 Å². The van der Waals surface area contributed by atoms with E-state index in [0.717, 1.165) is 18.4 Å². The Morgan fingerprint density at radius 2 is 1.34 bits per heavy atom. The third-order valence-electron chi connectivity index (χ3n) is 8.23. The third kappa shape index (κ3) is 17.7. The zero-order valence-electron chi connectivity index (χ0n) is 35.8. The van der Waals surface area contributed by atoms with Crippen LogP contribution in [0, 0.1) is 6.92 Å². The summed E-state index contributed by atoms with van der Waals surface area (Å²) in [5, 5.41) is 15.0. The van der Waals surface area contributed by atoms with Crippen LogP contribution >= 0.6 is 0 Å². The van der Waals surface area contributed by atoms with Crippen molar-refractivity contribution >= 4 is 11.9 Å². The van der Waals surface area contributed by atoms with Crippen LogP contribution in [0.4, 0.5) is 0 Å². The van der Waals surface area contributed by atoms with Gasteiger partial charge in [-0.05, 0) is 70.5 Å². The van der Waals surface area contributed by atoms with Gasteiger partial charge in [-0.3, -0.25) is 4.79 Å². The monoisotopic (exact) mass is 742 g/mol. The number of esters is 1. The molecule has 0 radical (unpaired) electrons. The quantitative estimate of drug-likeness (QED) is 0.218. The Hall–Kier alpha value is -3.83. The van der Waals surface area contributed by atoms with Crippen molar-refractivity contribution in [2.75, 3.05) is 34.3 Å². The Morgan fingerprint density at radius 1 is 0.792 bits per heavy atom. The van der Waals surface area contributed by atoms with E-state index in [-0.39, 0.29) is 17.9 Å². The minimum Gasteiger partial charge on any atom is -0.472 e. The predicted octanol–water partition coefficient (Wildman–Crippen LogP) is 9.09. The van der Waals surface area contributed by atoms with Gasteiger partial charge in [-0.2, -0.15) is 15.0 Å². The number of amides is 1. The number of para-hydroxylation sites is 1. The molecule has 1 aromatic carbocycles. The highest BCUT2D eigenvalue weighted by molar-refractivity contribution is 5.97. The van der Waals surface area contributed by atoms with Crippen LogP contribution in [0.3, 0.4) is 0 Å². The Kier molecular flexibility index (Phi) is 31.7. The van der Waals surface area contributed by atoms with Crippen molar-refractivity contribution in [2.45, 2.75) is 146 Å². The van der Waals surface area contributed by atoms with Crippen molar-refractivity contribution < 1.29 is 19.1 Å². The molecule has 1 saturated carbocycles. The summed E-state index contributed by atoms with van der Waals surface area (Å²) in [5.41, 5.74) is 2.17. The van der Waals surface area contributed by atoms with Gasteiger partial charge in [-0.15, -0.1) is 0 Å². The summed E-state index contributed by atoms with van der Waals surface area (Å²) in [7, 11) is 5.44. The number of carbonyl (C=O) groups is 2. The molecule has 11 heteroatoms. The average molecular weight is 742 g/mol. The molecular weight excluding hydrogens is 667 g/mol. The normalized spacial score (nSPS) is 16.9. The second kappa shape index (κ2) is 32.8. The molecule has 2 N–H and O–H groups in total. The van der Waals surface area contributed by atoms with Gasteiger partial charge < -0.3 is 25.0 Å². The maximum Gasteiger partial charge on any atom is 0.343 e. The van der Waals surface area contributed by atoms with Gasteiger partial charge in [-0.1, -0.05) is 107 Å². The number of aromatic nitrogens is 4. The van der Waals surface area contributed by atoms with E-state index in [1.807, 2.05) is 73.6 Å². The SMILES string of the molecule is CC.CC.CC.CC.CCCC.CNC1CCCCC1NC.COC(=O)c1c(C)ccnc1O[C@@H]1CCCN(C(=O)c2ccccc2-n2nccn2)C1. The van der Waals surface area contributed by atoms with Gasteiger partial charge in [0.2, 0.25) is 5.88 Å². The number of ether oxygens (including phenoxy) is 2. The molecule has 2 fully saturated rings. The van der Waals surface area contributed by atoms with Crippen molar-refractivity contribution in [3.8, 4) is 11.6 Å². The zero-order valence-corrected chi connectivity index (χ0v) is 35.8. The first kappa shape index (κ1) is 51.3. The number of nitrogens with one attached hydrogen (secondary N) is 2. The van der Waals surface area contributed by atoms with E-state index in [1.54, 1.807) is 42.5 Å². The van der Waals surface area contributed by atoms with Crippen LogP contribution in [0.25, 0.3) is 5.69 Å². The van der Waals surface area contributed by atoms with E-state index in [2.05, 4.69) is 53.8 Å². The van der Waals surface area contributed by atoms with Crippen molar-refractivity contribution in [3.63, 3.8) is 0 Å². The number of nitrogens with zero attached hydrogens (tertiary/aromatic N) is 5. The lowest BCUT2D eigenvalue weighted by molar-refractivity contribution is 0.0497. The molecule has 2 unspecified atom stereocenters. The third-order valence-corrected chi connectivity index (χ3v) is 8.23. The summed E-state index contributed by atoms with van der Waals surface area (Å²) < 4.78 is 10.9. The minimum atomic E-state index is -0.495. The molecule has 302 valence electrons. The number of benzene rings is 1. The van der Waals surface area contributed by atoms with Gasteiger partial charge in [-0.25, -0.2) is 9.78 Å². The van der Waals surface area contributed by atoms with E-state index in [1.165, 1.54) is 50.4 Å². The van der Waals surface area contributed by atoms with E-state index >= 15 is 0 Å². The zero-order chi connectivity index (χ0) is 40.6. The largest absolute Gasteiger partial charge is 0.472 e. The second-order valence-electron chi connectivity index (χ2n) is 11.3. The van der Waals surface area contributed by atoms with E-state index in [4.69, 9.17) is 9.47 Å². The number of pyridine rings is 1. The number of unbranched alkanes of at least 4 members (excludes halogenated alkanes) is 1. The fourth-order valence-corrected chi connectivity index (χ4v) is 5.51. The minimum absolute atomic E-state index is 0.119. The Labute approximate surface area is 323 Å². The van der Waals surface area contributed by atoms with E-state index in [0.29, 0.717) is 42.0 Å². The summed E-state index contributed by atoms with van der Waals surface area (Å²) in [4.78, 5) is 32.9. The van der Waals surface area contributed by atoms with E-state index < -0.39 is 5.97 Å². The number of hydrogen-bond donors (Lipinski definition) is 2. The van der Waals surface area contributed by atoms with E-state index in [9.17, 15) is 9.59 Å². The first-order valence-electron chi connectivity index (χ1n) is 20.2. The van der Waals surface area contributed by atoms with Gasteiger partial charge in [0.05, 0.1) is 37.3 Å². The summed E-state index contributed by atoms with van der Waals surface area (Å²) in [6, 6.07) is 10.4. The highest BCUT2D eigenvalue weighted by Crippen LogP contribution is 2.25. The number of likely N-dealkylation sites (tertiary alicyclic amines) is 1. The highest BCUT2D eigenvalue weighted by atomic mass is 16.5. The Balaban J connectivity index is 0. The molecule has 2 aliphatic rings. The lowest BCUT2D eigenvalue weighted by Gasteiger charge is -2.33. The van der Waals surface area contributed by atoms with Crippen LogP contribution in [0.1, 0.15) is 147 Å². The smallest absolute Gasteiger partial charge is 0.343 e. The molecule has 0 bridgehead atoms. The number of likely N-dealkylation sites (N-methyl/N-ethyl adjacent to an activating group) is 2. The summed E-state index contributed by atoms with van der Waals surface area (Å²) in [5.74, 6) is -0.385. The maximum absolute atomic E-state index is 13.3. The standard InChI is InChI=1S/C22H23N5O4.C8H18N2.C4H10.4C2H6/c1-15-9-10-23-20(19(15)22(29)30-2)31-16-6-5-13-26(14-16)21(28)17-7-3-4-8-18(17)27-24-11-12-25-27;1-9-7-5-3-4-6-8(7)10-2;1-3-4-2;4*1-2/h3-4,7-12,16H,5-6,13-14H2,1-2H3;7-10H,3-6H2,1-2H3;3-4H2,1-2H3;4*1-2H3/t16-;;;;;;/m1....../s1. The molecule has 11 nitrogen and oxygen atoms in total. The van der Waals surface area contributed by atoms with Crippen LogP contribution in [0.2, 0.25) is 0 Å². The van der Waals surface area contributed by atoms with Crippen LogP contribution in [-0.2, 0) is 4.74 Å². The van der Waals surface area contributed by atoms with Crippen molar-refractivity contribution in [3.05, 3.63) is 65.6 Å². The maximum atomic E-state index is 13.3. The van der Waals surface area contributed by atoms with Crippen molar-refractivity contribution in [2.24, 2.45) is 0 Å². The number of carbonyl (C=O) groups excluding carboxylic acids is 2. The number of rotatable bonds is 8. The predicted molar refractivity (Wildman–Crippen MR) is 221 cm³/mol. The lowest BCUT2D eigenvalue weighted by Crippen LogP contribution is -2.47. The van der Waals surface area contributed by atoms with Crippen LogP contribution in [0.15, 0.2) is 48.9 Å². The summed E-state index contributed by atoms with van der Waals surface area (Å²) in [6.45, 7) is 23.2. The van der Waals surface area contributed by atoms with Gasteiger partial charge in [0.1, 0.15) is 11.7 Å². The molecule has 1 saturated heterocycles. The highest BCUT2D eigenvalue weighted by Gasteiger charge is 2.29. The van der Waals surface area contributed by atoms with Gasteiger partial charge in [0.25, 0.3) is 5.91 Å². The van der Waals surface area contributed by atoms with Gasteiger partial charge in [0.15, 0.2) is 0 Å². The summed E-state index contributed by atoms with van der Waals surface area (Å²) in [6.07, 6.45) is 14.1.